The van der Waals surface area contributed by atoms with Crippen molar-refractivity contribution in [3.8, 4) is 23.3 Å². The third-order valence-electron chi connectivity index (χ3n) is 8.71. The molecule has 0 aromatic heterocycles. The maximum Gasteiger partial charge on any atom is 0.194 e. The van der Waals surface area contributed by atoms with Crippen LogP contribution in [0.15, 0.2) is 132 Å². The van der Waals surface area contributed by atoms with Crippen LogP contribution in [0.25, 0.3) is 22.8 Å². The van der Waals surface area contributed by atoms with Crippen LogP contribution in [-0.2, 0) is 5.41 Å². The molecule has 7 rings (SSSR count). The highest BCUT2D eigenvalue weighted by atomic mass is 16.1. The van der Waals surface area contributed by atoms with Crippen LogP contribution in [0.1, 0.15) is 46.5 Å². The molecule has 0 heterocycles. The van der Waals surface area contributed by atoms with E-state index < -0.39 is 0 Å². The molecule has 0 saturated heterocycles. The van der Waals surface area contributed by atoms with E-state index in [1.807, 2.05) is 42.5 Å². The van der Waals surface area contributed by atoms with E-state index in [4.69, 9.17) is 0 Å². The minimum absolute atomic E-state index is 0.0580. The number of nitriles is 2. The summed E-state index contributed by atoms with van der Waals surface area (Å²) >= 11 is 0. The van der Waals surface area contributed by atoms with Gasteiger partial charge in [0, 0.05) is 39.2 Å². The number of hydrogen-bond acceptors (Lipinski definition) is 4. The number of fused-ring (bicyclic) bond motifs is 4. The van der Waals surface area contributed by atoms with Gasteiger partial charge < -0.3 is 4.90 Å². The van der Waals surface area contributed by atoms with E-state index in [9.17, 15) is 15.3 Å². The van der Waals surface area contributed by atoms with Crippen molar-refractivity contribution < 1.29 is 4.79 Å². The highest BCUT2D eigenvalue weighted by Crippen LogP contribution is 2.51. The number of allylic oxidation sites excluding steroid dienone is 3. The smallest absolute Gasteiger partial charge is 0.194 e. The van der Waals surface area contributed by atoms with Crippen LogP contribution in [0.5, 0.6) is 0 Å². The molecule has 0 aliphatic heterocycles. The molecule has 5 aromatic carbocycles. The zero-order valence-electron chi connectivity index (χ0n) is 24.4. The molecule has 5 aromatic rings. The van der Waals surface area contributed by atoms with E-state index in [1.54, 1.807) is 18.2 Å². The van der Waals surface area contributed by atoms with Gasteiger partial charge in [0.25, 0.3) is 0 Å². The highest BCUT2D eigenvalue weighted by Gasteiger charge is 2.37. The zero-order chi connectivity index (χ0) is 30.4. The molecule has 2 aliphatic rings. The van der Waals surface area contributed by atoms with Crippen LogP contribution >= 0.6 is 0 Å². The third-order valence-corrected chi connectivity index (χ3v) is 8.71. The molecular weight excluding hydrogens is 538 g/mol. The Labute approximate surface area is 257 Å². The predicted molar refractivity (Wildman–Crippen MR) is 176 cm³/mol. The first-order chi connectivity index (χ1) is 21.4. The largest absolute Gasteiger partial charge is 0.310 e. The van der Waals surface area contributed by atoms with Gasteiger partial charge in [0.1, 0.15) is 17.7 Å². The number of anilines is 3. The number of ketones is 1. The van der Waals surface area contributed by atoms with Gasteiger partial charge in [-0.05, 0) is 75.9 Å². The SMILES string of the molecule is CC1(C)c2cc(/C=C3\C(=O)c4ccccc4C3=C(C#N)C#N)ccc2-c2ccc(N(c3ccccc3)c3ccccc3)cc21. The van der Waals surface area contributed by atoms with Crippen molar-refractivity contribution in [2.75, 3.05) is 4.90 Å². The minimum Gasteiger partial charge on any atom is -0.310 e. The van der Waals surface area contributed by atoms with Crippen LogP contribution in [0, 0.1) is 22.7 Å². The predicted octanol–water partition coefficient (Wildman–Crippen LogP) is 9.54. The summed E-state index contributed by atoms with van der Waals surface area (Å²) < 4.78 is 0. The van der Waals surface area contributed by atoms with Crippen molar-refractivity contribution in [1.29, 1.82) is 10.5 Å². The quantitative estimate of drug-likeness (QED) is 0.161. The van der Waals surface area contributed by atoms with E-state index in [-0.39, 0.29) is 16.8 Å². The lowest BCUT2D eigenvalue weighted by atomic mass is 9.81. The fourth-order valence-corrected chi connectivity index (χ4v) is 6.59. The van der Waals surface area contributed by atoms with Crippen molar-refractivity contribution in [1.82, 2.24) is 0 Å². The van der Waals surface area contributed by atoms with E-state index in [0.29, 0.717) is 22.3 Å². The molecule has 44 heavy (non-hydrogen) atoms. The summed E-state index contributed by atoms with van der Waals surface area (Å²) in [7, 11) is 0. The summed E-state index contributed by atoms with van der Waals surface area (Å²) in [6, 6.07) is 44.9. The Kier molecular flexibility index (Phi) is 6.35. The summed E-state index contributed by atoms with van der Waals surface area (Å²) in [6.45, 7) is 4.47. The average molecular weight is 566 g/mol. The van der Waals surface area contributed by atoms with Gasteiger partial charge >= 0.3 is 0 Å². The second kappa shape index (κ2) is 10.4. The molecule has 0 amide bonds. The maximum absolute atomic E-state index is 13.5. The van der Waals surface area contributed by atoms with Crippen LogP contribution < -0.4 is 4.90 Å². The van der Waals surface area contributed by atoms with Gasteiger partial charge in [-0.1, -0.05) is 98.8 Å². The minimum atomic E-state index is -0.306. The Balaban J connectivity index is 1.33. The number of hydrogen-bond donors (Lipinski definition) is 0. The topological polar surface area (TPSA) is 67.9 Å². The summed E-state index contributed by atoms with van der Waals surface area (Å²) in [5.41, 5.74) is 10.4. The number of nitrogens with zero attached hydrogens (tertiary/aromatic N) is 3. The van der Waals surface area contributed by atoms with E-state index in [1.165, 1.54) is 16.7 Å². The molecule has 2 aliphatic carbocycles. The van der Waals surface area contributed by atoms with Crippen molar-refractivity contribution >= 4 is 34.5 Å². The third kappa shape index (κ3) is 4.17. The molecule has 4 heteroatoms. The number of carbonyl (C=O) groups is 1. The lowest BCUT2D eigenvalue weighted by Crippen LogP contribution is -2.16. The first-order valence-electron chi connectivity index (χ1n) is 14.5. The Morgan fingerprint density at radius 1 is 0.636 bits per heavy atom. The summed E-state index contributed by atoms with van der Waals surface area (Å²) in [4.78, 5) is 15.8. The van der Waals surface area contributed by atoms with E-state index >= 15 is 0 Å². The van der Waals surface area contributed by atoms with Crippen LogP contribution in [-0.4, -0.2) is 5.78 Å². The molecule has 0 radical (unpaired) electrons. The van der Waals surface area contributed by atoms with Gasteiger partial charge in [-0.25, -0.2) is 0 Å². The number of rotatable bonds is 4. The van der Waals surface area contributed by atoms with Crippen molar-refractivity contribution in [3.05, 3.63) is 160 Å². The molecule has 0 bridgehead atoms. The number of carbonyl (C=O) groups excluding carboxylic acids is 1. The second-order valence-corrected chi connectivity index (χ2v) is 11.6. The molecule has 0 spiro atoms. The number of Topliss-reactive ketones (excluding diaryl/α,β-unsaturated/α-hetero) is 1. The molecule has 208 valence electrons. The average Bonchev–Trinajstić information content (AvgIpc) is 3.46. The lowest BCUT2D eigenvalue weighted by Gasteiger charge is -2.28. The molecule has 0 unspecified atom stereocenters. The molecule has 4 nitrogen and oxygen atoms in total. The standard InChI is InChI=1S/C40H27N3O/c1-40(2)36-22-26(21-35-38(27(24-41)25-42)33-15-9-10-16-34(33)39(35)44)17-19-31(36)32-20-18-30(23-37(32)40)43(28-11-5-3-6-12-28)29-13-7-4-8-14-29/h3-23H,1-2H3/b35-21-. The molecule has 0 saturated carbocycles. The first-order valence-corrected chi connectivity index (χ1v) is 14.5. The molecule has 0 atom stereocenters. The van der Waals surface area contributed by atoms with Crippen molar-refractivity contribution in [2.45, 2.75) is 19.3 Å². The molecular formula is C40H27N3O. The number of benzene rings is 5. The Hall–Kier alpha value is -5.97. The Bertz CT molecular complexity index is 2070. The van der Waals surface area contributed by atoms with E-state index in [0.717, 1.165) is 28.2 Å². The summed E-state index contributed by atoms with van der Waals surface area (Å²) in [5, 5.41) is 19.4. The van der Waals surface area contributed by atoms with Crippen molar-refractivity contribution in [3.63, 3.8) is 0 Å². The van der Waals surface area contributed by atoms with Crippen LogP contribution in [0.4, 0.5) is 17.1 Å². The van der Waals surface area contributed by atoms with Crippen LogP contribution in [0.2, 0.25) is 0 Å². The first kappa shape index (κ1) is 26.9. The van der Waals surface area contributed by atoms with Gasteiger partial charge in [0.05, 0.1) is 0 Å². The summed E-state index contributed by atoms with van der Waals surface area (Å²) in [5.74, 6) is -0.173. The fourth-order valence-electron chi connectivity index (χ4n) is 6.59. The van der Waals surface area contributed by atoms with E-state index in [2.05, 4.69) is 97.6 Å². The normalized spacial score (nSPS) is 14.8. The monoisotopic (exact) mass is 565 g/mol. The Morgan fingerprint density at radius 3 is 1.80 bits per heavy atom. The fraction of sp³-hybridized carbons (Fsp3) is 0.0750. The van der Waals surface area contributed by atoms with Gasteiger partial charge in [-0.15, -0.1) is 0 Å². The lowest BCUT2D eigenvalue weighted by molar-refractivity contribution is 0.104. The molecule has 0 N–H and O–H groups in total. The Morgan fingerprint density at radius 2 is 1.18 bits per heavy atom. The summed E-state index contributed by atoms with van der Waals surface area (Å²) in [6.07, 6.45) is 1.82. The number of para-hydroxylation sites is 2. The van der Waals surface area contributed by atoms with Crippen molar-refractivity contribution in [2.24, 2.45) is 0 Å². The molecule has 0 fully saturated rings. The van der Waals surface area contributed by atoms with Gasteiger partial charge in [-0.2, -0.15) is 10.5 Å². The maximum atomic E-state index is 13.5. The van der Waals surface area contributed by atoms with Crippen LogP contribution in [0.3, 0.4) is 0 Å². The van der Waals surface area contributed by atoms with Gasteiger partial charge in [0.2, 0.25) is 0 Å². The zero-order valence-corrected chi connectivity index (χ0v) is 24.4. The second-order valence-electron chi connectivity index (χ2n) is 11.6. The highest BCUT2D eigenvalue weighted by molar-refractivity contribution is 6.29. The van der Waals surface area contributed by atoms with Gasteiger partial charge in [-0.3, -0.25) is 4.79 Å². The van der Waals surface area contributed by atoms with Gasteiger partial charge in [0.15, 0.2) is 5.78 Å².